The molecule has 0 spiro atoms. The zero-order valence-electron chi connectivity index (χ0n) is 18.8. The molecular weight excluding hydrogens is 316 g/mol. The van der Waals surface area contributed by atoms with Crippen LogP contribution in [0, 0.1) is 0 Å². The van der Waals surface area contributed by atoms with Crippen molar-refractivity contribution >= 4 is 0 Å². The molecule has 0 radical (unpaired) electrons. The van der Waals surface area contributed by atoms with Gasteiger partial charge in [-0.1, -0.05) is 53.4 Å². The summed E-state index contributed by atoms with van der Waals surface area (Å²) in [4.78, 5) is 0. The molecule has 2 unspecified atom stereocenters. The van der Waals surface area contributed by atoms with E-state index in [1.165, 1.54) is 125 Å². The summed E-state index contributed by atoms with van der Waals surface area (Å²) < 4.78 is 3.01. The molecule has 1 aliphatic carbocycles. The fourth-order valence-corrected chi connectivity index (χ4v) is 6.33. The van der Waals surface area contributed by atoms with Crippen molar-refractivity contribution in [3.8, 4) is 0 Å². The molecule has 2 nitrogen and oxygen atoms in total. The molecule has 1 saturated carbocycles. The minimum atomic E-state index is 0.976. The molecule has 154 valence electrons. The van der Waals surface area contributed by atoms with Gasteiger partial charge in [-0.2, -0.15) is 0 Å². The lowest BCUT2D eigenvalue weighted by Gasteiger charge is -2.60. The van der Waals surface area contributed by atoms with Gasteiger partial charge in [-0.15, -0.1) is 0 Å². The van der Waals surface area contributed by atoms with Crippen molar-refractivity contribution in [1.29, 1.82) is 0 Å². The summed E-state index contributed by atoms with van der Waals surface area (Å²) in [6.07, 6.45) is 17.3. The van der Waals surface area contributed by atoms with Gasteiger partial charge in [0.15, 0.2) is 0 Å². The maximum absolute atomic E-state index is 2.39. The van der Waals surface area contributed by atoms with E-state index >= 15 is 0 Å². The first kappa shape index (κ1) is 22.2. The van der Waals surface area contributed by atoms with Gasteiger partial charge in [0.25, 0.3) is 0 Å². The molecule has 0 aromatic rings. The van der Waals surface area contributed by atoms with Crippen LogP contribution < -0.4 is 0 Å². The Bertz CT molecular complexity index is 326. The Balaban J connectivity index is 2.28. The lowest BCUT2D eigenvalue weighted by Crippen LogP contribution is -2.77. The molecule has 0 N–H and O–H groups in total. The van der Waals surface area contributed by atoms with Gasteiger partial charge in [-0.05, 0) is 38.5 Å². The van der Waals surface area contributed by atoms with Crippen LogP contribution in [0.3, 0.4) is 0 Å². The van der Waals surface area contributed by atoms with E-state index in [1.807, 2.05) is 0 Å². The van der Waals surface area contributed by atoms with Crippen molar-refractivity contribution in [2.45, 2.75) is 117 Å². The average molecular weight is 367 g/mol. The number of hydrogen-bond donors (Lipinski definition) is 0. The smallest absolute Gasteiger partial charge is 0.142 e. The molecule has 0 aromatic carbocycles. The predicted molar refractivity (Wildman–Crippen MR) is 115 cm³/mol. The number of quaternary nitrogens is 2. The van der Waals surface area contributed by atoms with Crippen LogP contribution >= 0.6 is 0 Å². The summed E-state index contributed by atoms with van der Waals surface area (Å²) >= 11 is 0. The third kappa shape index (κ3) is 5.04. The van der Waals surface area contributed by atoms with Gasteiger partial charge < -0.3 is 8.97 Å². The van der Waals surface area contributed by atoms with E-state index < -0.39 is 0 Å². The number of fused-ring (bicyclic) bond motifs is 1. The van der Waals surface area contributed by atoms with E-state index in [0.717, 1.165) is 12.1 Å². The van der Waals surface area contributed by atoms with Gasteiger partial charge in [-0.25, -0.2) is 0 Å². The van der Waals surface area contributed by atoms with Crippen LogP contribution in [0.25, 0.3) is 0 Å². The van der Waals surface area contributed by atoms with Crippen LogP contribution in [0.15, 0.2) is 0 Å². The molecule has 0 amide bonds. The third-order valence-electron chi connectivity index (χ3n) is 7.92. The van der Waals surface area contributed by atoms with Gasteiger partial charge in [0, 0.05) is 12.8 Å². The number of piperazine rings is 1. The molecule has 0 bridgehead atoms. The Morgan fingerprint density at radius 1 is 0.538 bits per heavy atom. The molecule has 2 aliphatic rings. The van der Waals surface area contributed by atoms with Gasteiger partial charge in [0.2, 0.25) is 0 Å². The first-order chi connectivity index (χ1) is 12.7. The van der Waals surface area contributed by atoms with E-state index in [4.69, 9.17) is 0 Å². The quantitative estimate of drug-likeness (QED) is 0.364. The van der Waals surface area contributed by atoms with Gasteiger partial charge in [-0.3, -0.25) is 0 Å². The lowest BCUT2D eigenvalue weighted by molar-refractivity contribution is -1.07. The first-order valence-corrected chi connectivity index (χ1v) is 12.4. The van der Waals surface area contributed by atoms with Crippen molar-refractivity contribution in [3.05, 3.63) is 0 Å². The number of rotatable bonds is 12. The lowest BCUT2D eigenvalue weighted by atomic mass is 9.81. The molecule has 26 heavy (non-hydrogen) atoms. The van der Waals surface area contributed by atoms with E-state index in [-0.39, 0.29) is 0 Å². The van der Waals surface area contributed by atoms with E-state index in [2.05, 4.69) is 27.7 Å². The van der Waals surface area contributed by atoms with Gasteiger partial charge in [0.05, 0.1) is 26.2 Å². The summed E-state index contributed by atoms with van der Waals surface area (Å²) in [5.41, 5.74) is 0. The average Bonchev–Trinajstić information content (AvgIpc) is 2.69. The van der Waals surface area contributed by atoms with Crippen molar-refractivity contribution < 1.29 is 8.97 Å². The van der Waals surface area contributed by atoms with Crippen LogP contribution in [0.5, 0.6) is 0 Å². The Morgan fingerprint density at radius 3 is 1.12 bits per heavy atom. The first-order valence-electron chi connectivity index (χ1n) is 12.4. The van der Waals surface area contributed by atoms with Crippen molar-refractivity contribution in [2.24, 2.45) is 0 Å². The van der Waals surface area contributed by atoms with E-state index in [9.17, 15) is 0 Å². The Morgan fingerprint density at radius 2 is 0.846 bits per heavy atom. The van der Waals surface area contributed by atoms with Crippen LogP contribution in [0.1, 0.15) is 105 Å². The standard InChI is InChI=1S/C24H50N2/c1-5-9-17-25(18-10-6-2)21-22-26(19-11-7-3,20-12-8-4)24-16-14-13-15-23(24)25/h23-24H,5-22H2,1-4H3/q+2. The molecule has 2 heteroatoms. The summed E-state index contributed by atoms with van der Waals surface area (Å²) in [5.74, 6) is 0. The number of hydrogen-bond acceptors (Lipinski definition) is 0. The number of unbranched alkanes of at least 4 members (excludes halogenated alkanes) is 4. The highest BCUT2D eigenvalue weighted by Crippen LogP contribution is 2.41. The van der Waals surface area contributed by atoms with Crippen LogP contribution in [-0.2, 0) is 0 Å². The number of nitrogens with zero attached hydrogens (tertiary/aromatic N) is 2. The SMILES string of the molecule is CCCC[N+]1(CCCC)CC[N+](CCCC)(CCCC)C2CCCCC21. The molecule has 2 rings (SSSR count). The van der Waals surface area contributed by atoms with Crippen molar-refractivity contribution in [1.82, 2.24) is 0 Å². The molecule has 0 aromatic heterocycles. The monoisotopic (exact) mass is 366 g/mol. The normalized spacial score (nSPS) is 27.2. The molecule has 1 heterocycles. The van der Waals surface area contributed by atoms with Crippen molar-refractivity contribution in [2.75, 3.05) is 39.3 Å². The molecular formula is C24H50N2+2. The molecule has 2 fully saturated rings. The Hall–Kier alpha value is -0.0800. The molecule has 1 saturated heterocycles. The maximum atomic E-state index is 2.39. The Labute approximate surface area is 165 Å². The Kier molecular flexibility index (Phi) is 9.44. The minimum Gasteiger partial charge on any atom is -0.312 e. The fourth-order valence-electron chi connectivity index (χ4n) is 6.33. The van der Waals surface area contributed by atoms with E-state index in [0.29, 0.717) is 0 Å². The molecule has 1 aliphatic heterocycles. The summed E-state index contributed by atoms with van der Waals surface area (Å²) in [7, 11) is 0. The van der Waals surface area contributed by atoms with Crippen LogP contribution in [0.4, 0.5) is 0 Å². The highest BCUT2D eigenvalue weighted by Gasteiger charge is 2.56. The largest absolute Gasteiger partial charge is 0.312 e. The van der Waals surface area contributed by atoms with Crippen LogP contribution in [-0.4, -0.2) is 60.3 Å². The highest BCUT2D eigenvalue weighted by atomic mass is 15.5. The van der Waals surface area contributed by atoms with Gasteiger partial charge in [0.1, 0.15) is 25.2 Å². The second-order valence-corrected chi connectivity index (χ2v) is 9.61. The third-order valence-corrected chi connectivity index (χ3v) is 7.92. The minimum absolute atomic E-state index is 0.976. The summed E-state index contributed by atoms with van der Waals surface area (Å²) in [6.45, 7) is 18.4. The van der Waals surface area contributed by atoms with E-state index in [1.54, 1.807) is 0 Å². The maximum Gasteiger partial charge on any atom is 0.142 e. The summed E-state index contributed by atoms with van der Waals surface area (Å²) in [5, 5.41) is 0. The topological polar surface area (TPSA) is 0 Å². The molecule has 2 atom stereocenters. The zero-order valence-corrected chi connectivity index (χ0v) is 18.8. The summed E-state index contributed by atoms with van der Waals surface area (Å²) in [6, 6.07) is 1.95. The van der Waals surface area contributed by atoms with Crippen LogP contribution in [0.2, 0.25) is 0 Å². The second-order valence-electron chi connectivity index (χ2n) is 9.61. The highest BCUT2D eigenvalue weighted by molar-refractivity contribution is 4.83. The zero-order chi connectivity index (χ0) is 18.9. The predicted octanol–water partition coefficient (Wildman–Crippen LogP) is 6.15. The van der Waals surface area contributed by atoms with Gasteiger partial charge >= 0.3 is 0 Å². The fraction of sp³-hybridized carbons (Fsp3) is 1.00. The second kappa shape index (κ2) is 11.1. The van der Waals surface area contributed by atoms with Crippen molar-refractivity contribution in [3.63, 3.8) is 0 Å².